The average Bonchev–Trinajstić information content (AvgIpc) is 2.24. The van der Waals surface area contributed by atoms with Crippen molar-refractivity contribution in [1.29, 1.82) is 0 Å². The summed E-state index contributed by atoms with van der Waals surface area (Å²) in [5.74, 6) is 0. The average molecular weight is 560 g/mol. The van der Waals surface area contributed by atoms with Gasteiger partial charge in [-0.05, 0) is 105 Å². The zero-order valence-corrected chi connectivity index (χ0v) is 30.1. The highest BCUT2D eigenvalue weighted by Crippen LogP contribution is 2.33. The molecule has 0 N–H and O–H groups in total. The summed E-state index contributed by atoms with van der Waals surface area (Å²) in [6.07, 6.45) is 0.665. The highest BCUT2D eigenvalue weighted by molar-refractivity contribution is 6.92. The fourth-order valence-electron chi connectivity index (χ4n) is 3.83. The van der Waals surface area contributed by atoms with E-state index in [0.29, 0.717) is 12.5 Å². The lowest BCUT2D eigenvalue weighted by atomic mass is 10.6. The maximum absolute atomic E-state index is 6.89. The molecule has 31 heavy (non-hydrogen) atoms. The Balaban J connectivity index is 6.24. The molecule has 0 unspecified atom stereocenters. The van der Waals surface area contributed by atoms with Gasteiger partial charge in [0.15, 0.2) is 25.0 Å². The molecule has 0 aliphatic carbocycles. The molecule has 13 heteroatoms. The summed E-state index contributed by atoms with van der Waals surface area (Å²) < 4.78 is 40.3. The highest BCUT2D eigenvalue weighted by atomic mass is 28.5. The first kappa shape index (κ1) is 32.3. The molecule has 0 spiro atoms. The number of rotatable bonds is 14. The van der Waals surface area contributed by atoms with Crippen LogP contribution in [0.15, 0.2) is 0 Å². The Morgan fingerprint density at radius 2 is 0.645 bits per heavy atom. The Labute approximate surface area is 201 Å². The van der Waals surface area contributed by atoms with Crippen LogP contribution in [0.3, 0.4) is 0 Å². The SMILES string of the molecule is [CH2]CC[Si](O[Si](C)(C)O[Si](C)(C)C)(O[Si](C)(C)O[Si](C)(C)C)O[Si](C)(C)O[Si](C)(C)C. The Kier molecular flexibility index (Phi) is 11.4. The first-order valence-electron chi connectivity index (χ1n) is 11.3. The van der Waals surface area contributed by atoms with Crippen LogP contribution in [-0.2, 0) is 24.7 Å². The summed E-state index contributed by atoms with van der Waals surface area (Å²) >= 11 is 0. The van der Waals surface area contributed by atoms with Gasteiger partial charge in [-0.1, -0.05) is 6.92 Å². The summed E-state index contributed by atoms with van der Waals surface area (Å²) in [4.78, 5) is 0. The van der Waals surface area contributed by atoms with E-state index < -0.39 is 59.4 Å². The molecule has 0 aromatic rings. The van der Waals surface area contributed by atoms with Gasteiger partial charge >= 0.3 is 34.5 Å². The molecule has 0 aromatic heterocycles. The minimum absolute atomic E-state index is 0.634. The molecule has 0 atom stereocenters. The van der Waals surface area contributed by atoms with E-state index in [1.807, 2.05) is 0 Å². The van der Waals surface area contributed by atoms with E-state index in [1.54, 1.807) is 0 Å². The second kappa shape index (κ2) is 10.9. The molecule has 0 aliphatic heterocycles. The monoisotopic (exact) mass is 559 g/mol. The third-order valence-corrected chi connectivity index (χ3v) is 27.2. The topological polar surface area (TPSA) is 55.4 Å². The maximum atomic E-state index is 6.89. The molecule has 6 nitrogen and oxygen atoms in total. The quantitative estimate of drug-likeness (QED) is 0.217. The molecule has 0 aliphatic rings. The summed E-state index contributed by atoms with van der Waals surface area (Å²) in [6, 6.07) is 0.634. The molecule has 0 fully saturated rings. The molecule has 0 saturated heterocycles. The minimum atomic E-state index is -3.19. The van der Waals surface area contributed by atoms with Crippen LogP contribution in [0.1, 0.15) is 6.42 Å². The van der Waals surface area contributed by atoms with E-state index in [2.05, 4.69) is 105 Å². The largest absolute Gasteiger partial charge is 0.474 e. The van der Waals surface area contributed by atoms with Crippen molar-refractivity contribution in [3.05, 3.63) is 6.92 Å². The van der Waals surface area contributed by atoms with Gasteiger partial charge in [-0.2, -0.15) is 0 Å². The van der Waals surface area contributed by atoms with Crippen LogP contribution < -0.4 is 0 Å². The Morgan fingerprint density at radius 3 is 0.806 bits per heavy atom. The van der Waals surface area contributed by atoms with Gasteiger partial charge in [0.25, 0.3) is 0 Å². The van der Waals surface area contributed by atoms with Crippen LogP contribution in [0.5, 0.6) is 0 Å². The lowest BCUT2D eigenvalue weighted by Crippen LogP contribution is -2.65. The summed E-state index contributed by atoms with van der Waals surface area (Å²) in [5.41, 5.74) is 0. The highest BCUT2D eigenvalue weighted by Gasteiger charge is 2.55. The van der Waals surface area contributed by atoms with Gasteiger partial charge in [-0.3, -0.25) is 0 Å². The lowest BCUT2D eigenvalue weighted by molar-refractivity contribution is 0.191. The van der Waals surface area contributed by atoms with Crippen LogP contribution in [0, 0.1) is 6.92 Å². The molecular weight excluding hydrogens is 509 g/mol. The minimum Gasteiger partial charge on any atom is -0.437 e. The fourth-order valence-corrected chi connectivity index (χ4v) is 35.4. The van der Waals surface area contributed by atoms with Crippen molar-refractivity contribution in [2.75, 3.05) is 0 Å². The Bertz CT molecular complexity index is 491. The van der Waals surface area contributed by atoms with E-state index in [-0.39, 0.29) is 0 Å². The second-order valence-electron chi connectivity index (χ2n) is 12.4. The first-order chi connectivity index (χ1) is 13.3. The van der Waals surface area contributed by atoms with E-state index in [1.165, 1.54) is 0 Å². The zero-order chi connectivity index (χ0) is 25.2. The number of hydrogen-bond donors (Lipinski definition) is 0. The van der Waals surface area contributed by atoms with Gasteiger partial charge in [0, 0.05) is 6.04 Å². The van der Waals surface area contributed by atoms with E-state index in [0.717, 1.165) is 0 Å². The van der Waals surface area contributed by atoms with Crippen molar-refractivity contribution in [3.63, 3.8) is 0 Å². The van der Waals surface area contributed by atoms with E-state index in [4.69, 9.17) is 24.7 Å². The molecule has 1 radical (unpaired) electrons. The number of hydrogen-bond acceptors (Lipinski definition) is 6. The fraction of sp³-hybridized carbons (Fsp3) is 0.944. The second-order valence-corrected chi connectivity index (χ2v) is 40.3. The van der Waals surface area contributed by atoms with E-state index in [9.17, 15) is 0 Å². The molecule has 0 bridgehead atoms. The van der Waals surface area contributed by atoms with Gasteiger partial charge in [0.2, 0.25) is 0 Å². The van der Waals surface area contributed by atoms with Gasteiger partial charge < -0.3 is 24.7 Å². The molecule has 0 saturated carbocycles. The van der Waals surface area contributed by atoms with Crippen LogP contribution in [-0.4, -0.2) is 59.4 Å². The van der Waals surface area contributed by atoms with Gasteiger partial charge in [0.05, 0.1) is 0 Å². The third kappa shape index (κ3) is 15.7. The third-order valence-electron chi connectivity index (χ3n) is 3.34. The van der Waals surface area contributed by atoms with Crippen LogP contribution in [0.2, 0.25) is 104 Å². The molecule has 0 aromatic carbocycles. The van der Waals surface area contributed by atoms with Gasteiger partial charge in [-0.15, -0.1) is 0 Å². The summed E-state index contributed by atoms with van der Waals surface area (Å²) in [6.45, 7) is 36.5. The summed E-state index contributed by atoms with van der Waals surface area (Å²) in [7, 11) is -16.2. The van der Waals surface area contributed by atoms with Crippen LogP contribution in [0.25, 0.3) is 0 Å². The molecule has 0 amide bonds. The maximum Gasteiger partial charge on any atom is 0.474 e. The van der Waals surface area contributed by atoms with Crippen molar-refractivity contribution >= 4 is 59.4 Å². The Hall–Kier alpha value is 1.28. The standard InChI is InChI=1S/C18H51O6Si7/c1-17-18-31(22-28(11,12)19-25(2,3)4,23-29(13,14)20-26(5,6)7)24-30(15,16)21-27(8,9)10/h1,17-18H2,2-16H3. The van der Waals surface area contributed by atoms with Crippen LogP contribution in [0.4, 0.5) is 0 Å². The van der Waals surface area contributed by atoms with Gasteiger partial charge in [-0.25, -0.2) is 0 Å². The first-order valence-corrected chi connectivity index (χ1v) is 31.9. The zero-order valence-electron chi connectivity index (χ0n) is 23.1. The van der Waals surface area contributed by atoms with E-state index >= 15 is 0 Å². The van der Waals surface area contributed by atoms with Crippen LogP contribution >= 0.6 is 0 Å². The van der Waals surface area contributed by atoms with Crippen molar-refractivity contribution in [1.82, 2.24) is 0 Å². The molecule has 0 rings (SSSR count). The van der Waals surface area contributed by atoms with Crippen molar-refractivity contribution in [2.24, 2.45) is 0 Å². The predicted molar refractivity (Wildman–Crippen MR) is 150 cm³/mol. The molecule has 0 heterocycles. The normalized spacial score (nSPS) is 15.5. The molecule has 187 valence electrons. The predicted octanol–water partition coefficient (Wildman–Crippen LogP) is 6.86. The summed E-state index contributed by atoms with van der Waals surface area (Å²) in [5, 5.41) is 0. The van der Waals surface area contributed by atoms with Crippen molar-refractivity contribution in [3.8, 4) is 0 Å². The van der Waals surface area contributed by atoms with Gasteiger partial charge in [0.1, 0.15) is 0 Å². The van der Waals surface area contributed by atoms with Crippen molar-refractivity contribution in [2.45, 2.75) is 111 Å². The molecular formula is C18H51O6Si7. The van der Waals surface area contributed by atoms with Crippen molar-refractivity contribution < 1.29 is 24.7 Å². The lowest BCUT2D eigenvalue weighted by Gasteiger charge is -2.46. The Morgan fingerprint density at radius 1 is 0.419 bits per heavy atom. The smallest absolute Gasteiger partial charge is 0.437 e.